The average molecular weight is 461 g/mol. The van der Waals surface area contributed by atoms with E-state index < -0.39 is 6.10 Å². The maximum atomic E-state index is 12.6. The van der Waals surface area contributed by atoms with E-state index in [2.05, 4.69) is 24.5 Å². The summed E-state index contributed by atoms with van der Waals surface area (Å²) in [6, 6.07) is 9.28. The number of rotatable bonds is 9. The van der Waals surface area contributed by atoms with Gasteiger partial charge >= 0.3 is 0 Å². The van der Waals surface area contributed by atoms with Gasteiger partial charge in [-0.15, -0.1) is 0 Å². The molecule has 3 rings (SSSR count). The quantitative estimate of drug-likeness (QED) is 0.493. The molecule has 3 N–H and O–H groups in total. The van der Waals surface area contributed by atoms with Crippen molar-refractivity contribution in [2.45, 2.75) is 58.6 Å². The van der Waals surface area contributed by atoms with E-state index in [4.69, 9.17) is 9.47 Å². The molecule has 2 aliphatic carbocycles. The lowest BCUT2D eigenvalue weighted by Crippen LogP contribution is -2.59. The number of hydrogen-bond acceptors (Lipinski definition) is 5. The molecule has 0 aromatic heterocycles. The minimum Gasteiger partial charge on any atom is -0.484 e. The van der Waals surface area contributed by atoms with Gasteiger partial charge in [-0.25, -0.2) is 0 Å². The monoisotopic (exact) mass is 460 g/mol. The highest BCUT2D eigenvalue weighted by Crippen LogP contribution is 2.55. The van der Waals surface area contributed by atoms with Crippen LogP contribution in [-0.2, 0) is 14.3 Å². The van der Waals surface area contributed by atoms with E-state index in [0.29, 0.717) is 18.9 Å². The Balaban J connectivity index is 1.61. The number of methoxy groups -OCH3 is 1. The van der Waals surface area contributed by atoms with Crippen LogP contribution in [0.4, 0.5) is 0 Å². The van der Waals surface area contributed by atoms with Crippen LogP contribution in [-0.4, -0.2) is 55.9 Å². The lowest BCUT2D eigenvalue weighted by Gasteiger charge is -2.56. The zero-order chi connectivity index (χ0) is 24.0. The molecule has 0 aliphatic heterocycles. The molecule has 0 saturated heterocycles. The number of hydrogen-bond donors (Lipinski definition) is 3. The van der Waals surface area contributed by atoms with Gasteiger partial charge in [-0.3, -0.25) is 9.59 Å². The highest BCUT2D eigenvalue weighted by molar-refractivity contribution is 5.79. The molecule has 2 aliphatic rings. The van der Waals surface area contributed by atoms with Gasteiger partial charge in [0.05, 0.1) is 12.7 Å². The fourth-order valence-corrected chi connectivity index (χ4v) is 6.04. The first-order valence-corrected chi connectivity index (χ1v) is 12.2. The van der Waals surface area contributed by atoms with Crippen LogP contribution in [0.3, 0.4) is 0 Å². The first-order valence-electron chi connectivity index (χ1n) is 12.2. The molecule has 7 heteroatoms. The van der Waals surface area contributed by atoms with Crippen LogP contribution < -0.4 is 15.4 Å². The van der Waals surface area contributed by atoms with Gasteiger partial charge in [0.15, 0.2) is 6.61 Å². The van der Waals surface area contributed by atoms with Crippen LogP contribution >= 0.6 is 0 Å². The lowest BCUT2D eigenvalue weighted by molar-refractivity contribution is -0.144. The number of fused-ring (bicyclic) bond motifs is 1. The van der Waals surface area contributed by atoms with E-state index in [1.54, 1.807) is 7.11 Å². The Morgan fingerprint density at radius 1 is 1.21 bits per heavy atom. The third kappa shape index (κ3) is 6.07. The number of para-hydroxylation sites is 1. The second-order valence-corrected chi connectivity index (χ2v) is 10.1. The summed E-state index contributed by atoms with van der Waals surface area (Å²) in [5, 5.41) is 17.5. The van der Waals surface area contributed by atoms with Crippen molar-refractivity contribution in [1.82, 2.24) is 10.6 Å². The van der Waals surface area contributed by atoms with Crippen molar-refractivity contribution in [2.75, 3.05) is 26.9 Å². The minimum absolute atomic E-state index is 0.0172. The number of ether oxygens (including phenoxy) is 2. The smallest absolute Gasteiger partial charge is 0.258 e. The van der Waals surface area contributed by atoms with Crippen LogP contribution in [0.15, 0.2) is 30.3 Å². The Morgan fingerprint density at radius 2 is 1.91 bits per heavy atom. The predicted molar refractivity (Wildman–Crippen MR) is 127 cm³/mol. The molecule has 2 saturated carbocycles. The topological polar surface area (TPSA) is 96.9 Å². The van der Waals surface area contributed by atoms with Gasteiger partial charge in [-0.2, -0.15) is 0 Å². The van der Waals surface area contributed by atoms with Crippen LogP contribution in [0.2, 0.25) is 0 Å². The van der Waals surface area contributed by atoms with Crippen molar-refractivity contribution in [3.63, 3.8) is 0 Å². The summed E-state index contributed by atoms with van der Waals surface area (Å²) in [5.41, 5.74) is 0.0172. The summed E-state index contributed by atoms with van der Waals surface area (Å²) in [6.07, 6.45) is 3.07. The van der Waals surface area contributed by atoms with Gasteiger partial charge in [0.25, 0.3) is 5.91 Å². The van der Waals surface area contributed by atoms with E-state index in [-0.39, 0.29) is 53.5 Å². The lowest BCUT2D eigenvalue weighted by atomic mass is 9.51. The number of amides is 2. The summed E-state index contributed by atoms with van der Waals surface area (Å²) in [6.45, 7) is 7.21. The molecule has 2 fully saturated rings. The highest BCUT2D eigenvalue weighted by Gasteiger charge is 2.53. The molecule has 1 unspecified atom stereocenters. The van der Waals surface area contributed by atoms with Crippen molar-refractivity contribution in [1.29, 1.82) is 0 Å². The standard InChI is InChI=1S/C26H40N2O5/c1-17(25(31)27-14-15-32-4)20-10-12-26(3)13-11-21(18(2)23(26)24(20)30)28-22(29)16-33-19-8-6-5-7-9-19/h5-9,17-18,20-21,23-24,30H,10-16H2,1-4H3,(H,27,31)(H,28,29)/t17-,18+,20?,21-,23+,24-,26-/m0/s1. The Bertz CT molecular complexity index is 788. The van der Waals surface area contributed by atoms with Crippen LogP contribution in [0.1, 0.15) is 46.5 Å². The Labute approximate surface area is 197 Å². The molecule has 184 valence electrons. The van der Waals surface area contributed by atoms with Crippen LogP contribution in [0.25, 0.3) is 0 Å². The molecule has 7 atom stereocenters. The summed E-state index contributed by atoms with van der Waals surface area (Å²) >= 11 is 0. The number of carbonyl (C=O) groups excluding carboxylic acids is 2. The summed E-state index contributed by atoms with van der Waals surface area (Å²) in [5.74, 6) is 0.246. The SMILES string of the molecule is COCCNC(=O)[C@@H](C)C1CC[C@@]2(C)CC[C@H](NC(=O)COc3ccccc3)[C@@H](C)[C@@H]2[C@H]1O. The number of aliphatic hydroxyl groups excluding tert-OH is 1. The molecule has 1 aromatic carbocycles. The second kappa shape index (κ2) is 11.3. The van der Waals surface area contributed by atoms with Crippen LogP contribution in [0, 0.1) is 29.1 Å². The molecule has 0 bridgehead atoms. The summed E-state index contributed by atoms with van der Waals surface area (Å²) in [4.78, 5) is 25.2. The molecule has 7 nitrogen and oxygen atoms in total. The molecule has 33 heavy (non-hydrogen) atoms. The summed E-state index contributed by atoms with van der Waals surface area (Å²) < 4.78 is 10.6. The first-order chi connectivity index (χ1) is 15.8. The zero-order valence-electron chi connectivity index (χ0n) is 20.4. The predicted octanol–water partition coefficient (Wildman–Crippen LogP) is 2.77. The number of benzene rings is 1. The van der Waals surface area contributed by atoms with E-state index in [1.165, 1.54) is 0 Å². The molecule has 1 aromatic rings. The molecular weight excluding hydrogens is 420 g/mol. The number of carbonyl (C=O) groups is 2. The maximum Gasteiger partial charge on any atom is 0.258 e. The Morgan fingerprint density at radius 3 is 2.61 bits per heavy atom. The average Bonchev–Trinajstić information content (AvgIpc) is 2.80. The van der Waals surface area contributed by atoms with Gasteiger partial charge in [0.1, 0.15) is 5.75 Å². The second-order valence-electron chi connectivity index (χ2n) is 10.1. The zero-order valence-corrected chi connectivity index (χ0v) is 20.4. The van der Waals surface area contributed by atoms with Gasteiger partial charge in [-0.05, 0) is 61.0 Å². The number of aliphatic hydroxyl groups is 1. The molecule has 0 heterocycles. The maximum absolute atomic E-state index is 12.6. The van der Waals surface area contributed by atoms with Crippen molar-refractivity contribution < 1.29 is 24.2 Å². The Kier molecular flexibility index (Phi) is 8.76. The molecule has 0 radical (unpaired) electrons. The first kappa shape index (κ1) is 25.5. The van der Waals surface area contributed by atoms with Gasteiger partial charge in [0, 0.05) is 25.6 Å². The fourth-order valence-electron chi connectivity index (χ4n) is 6.04. The van der Waals surface area contributed by atoms with E-state index in [9.17, 15) is 14.7 Å². The number of nitrogens with one attached hydrogen (secondary N) is 2. The van der Waals surface area contributed by atoms with Crippen LogP contribution in [0.5, 0.6) is 5.75 Å². The molecular formula is C26H40N2O5. The fraction of sp³-hybridized carbons (Fsp3) is 0.692. The van der Waals surface area contributed by atoms with Gasteiger partial charge in [-0.1, -0.05) is 39.0 Å². The van der Waals surface area contributed by atoms with Crippen molar-refractivity contribution in [2.24, 2.45) is 29.1 Å². The van der Waals surface area contributed by atoms with E-state index in [1.807, 2.05) is 37.3 Å². The highest BCUT2D eigenvalue weighted by atomic mass is 16.5. The third-order valence-electron chi connectivity index (χ3n) is 8.01. The molecule has 0 spiro atoms. The van der Waals surface area contributed by atoms with Crippen molar-refractivity contribution >= 4 is 11.8 Å². The Hall–Kier alpha value is -2.12. The summed E-state index contributed by atoms with van der Waals surface area (Å²) in [7, 11) is 1.61. The third-order valence-corrected chi connectivity index (χ3v) is 8.01. The van der Waals surface area contributed by atoms with E-state index in [0.717, 1.165) is 25.7 Å². The van der Waals surface area contributed by atoms with Crippen molar-refractivity contribution in [3.05, 3.63) is 30.3 Å². The van der Waals surface area contributed by atoms with Crippen molar-refractivity contribution in [3.8, 4) is 5.75 Å². The normalized spacial score (nSPS) is 32.3. The molecule has 2 amide bonds. The van der Waals surface area contributed by atoms with E-state index >= 15 is 0 Å². The van der Waals surface area contributed by atoms with Gasteiger partial charge in [0.2, 0.25) is 5.91 Å². The minimum atomic E-state index is -0.581. The van der Waals surface area contributed by atoms with Gasteiger partial charge < -0.3 is 25.2 Å². The largest absolute Gasteiger partial charge is 0.484 e.